The second-order valence-corrected chi connectivity index (χ2v) is 5.14. The summed E-state index contributed by atoms with van der Waals surface area (Å²) in [7, 11) is 0. The lowest BCUT2D eigenvalue weighted by atomic mass is 10.2. The van der Waals surface area contributed by atoms with Crippen LogP contribution in [0, 0.1) is 5.82 Å². The first-order valence-corrected chi connectivity index (χ1v) is 6.83. The van der Waals surface area contributed by atoms with Crippen molar-refractivity contribution in [2.75, 3.05) is 5.73 Å². The Morgan fingerprint density at radius 3 is 2.95 bits per heavy atom. The van der Waals surface area contributed by atoms with Crippen molar-refractivity contribution >= 4 is 27.6 Å². The maximum absolute atomic E-state index is 13.0. The Bertz CT molecular complexity index is 707. The predicted molar refractivity (Wildman–Crippen MR) is 72.5 cm³/mol. The quantitative estimate of drug-likeness (QED) is 0.795. The van der Waals surface area contributed by atoms with Gasteiger partial charge in [0.2, 0.25) is 0 Å². The number of fused-ring (bicyclic) bond motifs is 1. The number of aryl methyl sites for hydroxylation is 2. The van der Waals surface area contributed by atoms with Crippen molar-refractivity contribution in [2.24, 2.45) is 0 Å². The van der Waals surface area contributed by atoms with E-state index in [1.807, 2.05) is 5.38 Å². The molecule has 2 N–H and O–H groups in total. The third kappa shape index (κ3) is 2.73. The minimum Gasteiger partial charge on any atom is -0.441 e. The van der Waals surface area contributed by atoms with Gasteiger partial charge < -0.3 is 10.2 Å². The number of nitrogens with two attached hydrogens (primary N) is 1. The second kappa shape index (κ2) is 4.97. The SMILES string of the molecule is Nc1nc(CCCc2nc3ccc(F)cc3o2)cs1. The molecule has 2 aromatic heterocycles. The van der Waals surface area contributed by atoms with Crippen molar-refractivity contribution in [3.63, 3.8) is 0 Å². The molecule has 0 fully saturated rings. The first-order valence-electron chi connectivity index (χ1n) is 5.95. The lowest BCUT2D eigenvalue weighted by Crippen LogP contribution is -1.91. The third-order valence-electron chi connectivity index (χ3n) is 2.79. The molecule has 0 saturated carbocycles. The van der Waals surface area contributed by atoms with Crippen LogP contribution in [0.4, 0.5) is 9.52 Å². The molecule has 0 saturated heterocycles. The molecule has 0 radical (unpaired) electrons. The molecule has 0 atom stereocenters. The Kier molecular flexibility index (Phi) is 3.16. The number of rotatable bonds is 4. The van der Waals surface area contributed by atoms with E-state index in [9.17, 15) is 4.39 Å². The van der Waals surface area contributed by atoms with E-state index in [0.717, 1.165) is 18.5 Å². The number of thiazole rings is 1. The Morgan fingerprint density at radius 1 is 1.26 bits per heavy atom. The van der Waals surface area contributed by atoms with Gasteiger partial charge in [-0.15, -0.1) is 11.3 Å². The molecule has 6 heteroatoms. The number of halogens is 1. The molecule has 1 aromatic carbocycles. The monoisotopic (exact) mass is 277 g/mol. The first kappa shape index (κ1) is 12.1. The molecular weight excluding hydrogens is 265 g/mol. The summed E-state index contributed by atoms with van der Waals surface area (Å²) in [6, 6.07) is 4.36. The topological polar surface area (TPSA) is 64.9 Å². The summed E-state index contributed by atoms with van der Waals surface area (Å²) < 4.78 is 18.5. The Morgan fingerprint density at radius 2 is 2.16 bits per heavy atom. The van der Waals surface area contributed by atoms with E-state index in [2.05, 4.69) is 9.97 Å². The fraction of sp³-hybridized carbons (Fsp3) is 0.231. The largest absolute Gasteiger partial charge is 0.441 e. The Labute approximate surface area is 113 Å². The summed E-state index contributed by atoms with van der Waals surface area (Å²) in [4.78, 5) is 8.51. The van der Waals surface area contributed by atoms with Gasteiger partial charge in [0.1, 0.15) is 11.3 Å². The molecule has 98 valence electrons. The smallest absolute Gasteiger partial charge is 0.195 e. The molecular formula is C13H12FN3OS. The maximum atomic E-state index is 13.0. The van der Waals surface area contributed by atoms with E-state index in [1.165, 1.54) is 23.5 Å². The fourth-order valence-corrected chi connectivity index (χ4v) is 2.51. The highest BCUT2D eigenvalue weighted by atomic mass is 32.1. The molecule has 0 bridgehead atoms. The zero-order chi connectivity index (χ0) is 13.2. The zero-order valence-electron chi connectivity index (χ0n) is 10.1. The van der Waals surface area contributed by atoms with Crippen molar-refractivity contribution in [1.82, 2.24) is 9.97 Å². The summed E-state index contributed by atoms with van der Waals surface area (Å²) in [6.45, 7) is 0. The maximum Gasteiger partial charge on any atom is 0.195 e. The van der Waals surface area contributed by atoms with Crippen molar-refractivity contribution in [1.29, 1.82) is 0 Å². The highest BCUT2D eigenvalue weighted by Gasteiger charge is 2.07. The van der Waals surface area contributed by atoms with Crippen LogP contribution in [0.2, 0.25) is 0 Å². The average molecular weight is 277 g/mol. The van der Waals surface area contributed by atoms with E-state index in [4.69, 9.17) is 10.2 Å². The molecule has 4 nitrogen and oxygen atoms in total. The van der Waals surface area contributed by atoms with E-state index in [-0.39, 0.29) is 5.82 Å². The summed E-state index contributed by atoms with van der Waals surface area (Å²) in [5.74, 6) is 0.317. The predicted octanol–water partition coefficient (Wildman–Crippen LogP) is 3.18. The number of hydrogen-bond acceptors (Lipinski definition) is 5. The molecule has 0 amide bonds. The number of anilines is 1. The van der Waals surface area contributed by atoms with E-state index >= 15 is 0 Å². The molecule has 3 aromatic rings. The molecule has 2 heterocycles. The summed E-state index contributed by atoms with van der Waals surface area (Å²) in [6.07, 6.45) is 2.41. The van der Waals surface area contributed by atoms with Crippen molar-refractivity contribution < 1.29 is 8.81 Å². The highest BCUT2D eigenvalue weighted by molar-refractivity contribution is 7.13. The number of hydrogen-bond donors (Lipinski definition) is 1. The Hall–Kier alpha value is -1.95. The number of nitrogens with zero attached hydrogens (tertiary/aromatic N) is 2. The summed E-state index contributed by atoms with van der Waals surface area (Å²) in [5, 5.41) is 2.55. The van der Waals surface area contributed by atoms with Gasteiger partial charge in [-0.3, -0.25) is 0 Å². The normalized spacial score (nSPS) is 11.2. The average Bonchev–Trinajstić information content (AvgIpc) is 2.95. The molecule has 0 aliphatic rings. The summed E-state index contributed by atoms with van der Waals surface area (Å²) >= 11 is 1.44. The lowest BCUT2D eigenvalue weighted by molar-refractivity contribution is 0.516. The van der Waals surface area contributed by atoms with Crippen LogP contribution >= 0.6 is 11.3 Å². The molecule has 0 spiro atoms. The Balaban J connectivity index is 1.65. The molecule has 19 heavy (non-hydrogen) atoms. The van der Waals surface area contributed by atoms with E-state index in [1.54, 1.807) is 6.07 Å². The van der Waals surface area contributed by atoms with Gasteiger partial charge in [0.15, 0.2) is 16.6 Å². The van der Waals surface area contributed by atoms with Gasteiger partial charge in [0.25, 0.3) is 0 Å². The summed E-state index contributed by atoms with van der Waals surface area (Å²) in [5.41, 5.74) is 7.74. The second-order valence-electron chi connectivity index (χ2n) is 4.25. The molecule has 0 aliphatic heterocycles. The van der Waals surface area contributed by atoms with Gasteiger partial charge in [-0.1, -0.05) is 0 Å². The fourth-order valence-electron chi connectivity index (χ4n) is 1.91. The number of benzene rings is 1. The number of oxazole rings is 1. The lowest BCUT2D eigenvalue weighted by Gasteiger charge is -1.94. The van der Waals surface area contributed by atoms with Crippen LogP contribution in [0.3, 0.4) is 0 Å². The van der Waals surface area contributed by atoms with Gasteiger partial charge >= 0.3 is 0 Å². The third-order valence-corrected chi connectivity index (χ3v) is 3.51. The van der Waals surface area contributed by atoms with Crippen LogP contribution in [0.15, 0.2) is 28.0 Å². The minimum absolute atomic E-state index is 0.312. The minimum atomic E-state index is -0.312. The van der Waals surface area contributed by atoms with Crippen LogP contribution < -0.4 is 5.73 Å². The van der Waals surface area contributed by atoms with Crippen molar-refractivity contribution in [2.45, 2.75) is 19.3 Å². The molecule has 3 rings (SSSR count). The van der Waals surface area contributed by atoms with Crippen LogP contribution in [0.25, 0.3) is 11.1 Å². The van der Waals surface area contributed by atoms with Crippen LogP contribution in [-0.4, -0.2) is 9.97 Å². The van der Waals surface area contributed by atoms with Gasteiger partial charge in [-0.05, 0) is 25.0 Å². The molecule has 0 unspecified atom stereocenters. The van der Waals surface area contributed by atoms with Crippen LogP contribution in [0.5, 0.6) is 0 Å². The highest BCUT2D eigenvalue weighted by Crippen LogP contribution is 2.18. The van der Waals surface area contributed by atoms with Crippen molar-refractivity contribution in [3.8, 4) is 0 Å². The standard InChI is InChI=1S/C13H12FN3OS/c14-8-4-5-10-11(6-8)18-12(17-10)3-1-2-9-7-19-13(15)16-9/h4-7H,1-3H2,(H2,15,16). The van der Waals surface area contributed by atoms with Crippen molar-refractivity contribution in [3.05, 3.63) is 41.0 Å². The van der Waals surface area contributed by atoms with Crippen LogP contribution in [0.1, 0.15) is 18.0 Å². The van der Waals surface area contributed by atoms with Gasteiger partial charge in [0.05, 0.1) is 5.69 Å². The number of nitrogen functional groups attached to an aromatic ring is 1. The van der Waals surface area contributed by atoms with Gasteiger partial charge in [0, 0.05) is 17.9 Å². The van der Waals surface area contributed by atoms with E-state index < -0.39 is 0 Å². The molecule has 0 aliphatic carbocycles. The zero-order valence-corrected chi connectivity index (χ0v) is 10.9. The van der Waals surface area contributed by atoms with Crippen LogP contribution in [-0.2, 0) is 12.8 Å². The van der Waals surface area contributed by atoms with Gasteiger partial charge in [-0.2, -0.15) is 0 Å². The first-order chi connectivity index (χ1) is 9.20. The van der Waals surface area contributed by atoms with Gasteiger partial charge in [-0.25, -0.2) is 14.4 Å². The number of aromatic nitrogens is 2. The van der Waals surface area contributed by atoms with E-state index in [0.29, 0.717) is 28.5 Å².